The predicted octanol–water partition coefficient (Wildman–Crippen LogP) is -2.61. The van der Waals surface area contributed by atoms with E-state index in [0.717, 1.165) is 0 Å². The molecule has 1 aliphatic rings. The van der Waals surface area contributed by atoms with Gasteiger partial charge in [-0.15, -0.1) is 0 Å². The van der Waals surface area contributed by atoms with E-state index in [0.29, 0.717) is 4.31 Å². The topological polar surface area (TPSA) is 102 Å². The van der Waals surface area contributed by atoms with Crippen LogP contribution in [0.5, 0.6) is 0 Å². The van der Waals surface area contributed by atoms with Gasteiger partial charge in [0.05, 0.1) is 4.90 Å². The van der Waals surface area contributed by atoms with E-state index in [1.54, 1.807) is 18.2 Å². The quantitative estimate of drug-likeness (QED) is 0.584. The Balaban J connectivity index is 0.00000208. The zero-order chi connectivity index (χ0) is 16.6. The van der Waals surface area contributed by atoms with Gasteiger partial charge in [-0.25, -0.2) is 13.4 Å². The van der Waals surface area contributed by atoms with Crippen LogP contribution in [0.3, 0.4) is 0 Å². The van der Waals surface area contributed by atoms with E-state index in [1.165, 1.54) is 37.5 Å². The first-order chi connectivity index (χ1) is 10.9. The molecule has 0 bridgehead atoms. The summed E-state index contributed by atoms with van der Waals surface area (Å²) in [6, 6.07) is 10.7. The number of sulfonamides is 1. The Morgan fingerprint density at radius 3 is 2.50 bits per heavy atom. The summed E-state index contributed by atoms with van der Waals surface area (Å²) < 4.78 is 25.7. The number of fused-ring (bicyclic) bond motifs is 1. The number of anilines is 1. The number of pyridine rings is 1. The van der Waals surface area contributed by atoms with E-state index < -0.39 is 27.4 Å². The number of aromatic nitrogens is 1. The summed E-state index contributed by atoms with van der Waals surface area (Å²) in [5.74, 6) is -1.25. The molecule has 1 amide bonds. The standard InChI is InChI=1S/C15H13N3O4S.K/c1-18-13(15(20)17-12-8-4-5-9-16-12)14(19)10-6-2-3-7-11(10)23(18,21)22;/h2-9,19H,1H3,(H,16,17,20);/q;+1/p-1. The zero-order valence-electron chi connectivity index (χ0n) is 13.1. The van der Waals surface area contributed by atoms with Crippen molar-refractivity contribution in [3.8, 4) is 0 Å². The first kappa shape index (κ1) is 19.1. The van der Waals surface area contributed by atoms with Crippen LogP contribution in [0.15, 0.2) is 59.3 Å². The first-order valence-electron chi connectivity index (χ1n) is 6.65. The van der Waals surface area contributed by atoms with Gasteiger partial charge in [0.1, 0.15) is 11.5 Å². The molecule has 0 radical (unpaired) electrons. The summed E-state index contributed by atoms with van der Waals surface area (Å²) in [5, 5.41) is 14.9. The molecule has 3 rings (SSSR count). The summed E-state index contributed by atoms with van der Waals surface area (Å²) in [4.78, 5) is 16.2. The number of carbonyl (C=O) groups excluding carboxylic acids is 1. The zero-order valence-corrected chi connectivity index (χ0v) is 17.0. The van der Waals surface area contributed by atoms with Crippen molar-refractivity contribution in [3.63, 3.8) is 0 Å². The fraction of sp³-hybridized carbons (Fsp3) is 0.0667. The van der Waals surface area contributed by atoms with Crippen molar-refractivity contribution >= 4 is 27.5 Å². The van der Waals surface area contributed by atoms with E-state index in [1.807, 2.05) is 0 Å². The maximum atomic E-state index is 12.5. The number of carbonyl (C=O) groups is 1. The second kappa shape index (κ2) is 7.34. The maximum Gasteiger partial charge on any atom is 1.00 e. The Morgan fingerprint density at radius 2 is 1.83 bits per heavy atom. The Labute approximate surface area is 181 Å². The number of nitrogens with one attached hydrogen (secondary N) is 1. The van der Waals surface area contributed by atoms with Crippen molar-refractivity contribution in [2.45, 2.75) is 4.90 Å². The normalized spacial score (nSPS) is 15.3. The van der Waals surface area contributed by atoms with Crippen molar-refractivity contribution in [3.05, 3.63) is 59.9 Å². The Bertz CT molecular complexity index is 913. The summed E-state index contributed by atoms with van der Waals surface area (Å²) in [6.07, 6.45) is 1.47. The Hall–Kier alpha value is -1.23. The number of benzene rings is 1. The molecule has 0 saturated carbocycles. The Morgan fingerprint density at radius 1 is 1.17 bits per heavy atom. The van der Waals surface area contributed by atoms with Gasteiger partial charge in [0.2, 0.25) is 0 Å². The fourth-order valence-electron chi connectivity index (χ4n) is 2.28. The molecular formula is C15H12KN3O4S. The molecule has 118 valence electrons. The molecule has 0 fully saturated rings. The third-order valence-electron chi connectivity index (χ3n) is 3.42. The van der Waals surface area contributed by atoms with Crippen LogP contribution in [0, 0.1) is 0 Å². The number of nitrogens with zero attached hydrogens (tertiary/aromatic N) is 2. The summed E-state index contributed by atoms with van der Waals surface area (Å²) >= 11 is 0. The van der Waals surface area contributed by atoms with Crippen LogP contribution in [0.25, 0.3) is 5.76 Å². The minimum Gasteiger partial charge on any atom is -0.870 e. The van der Waals surface area contributed by atoms with Crippen LogP contribution in [-0.4, -0.2) is 30.7 Å². The number of hydrogen-bond donors (Lipinski definition) is 1. The molecule has 0 aliphatic carbocycles. The van der Waals surface area contributed by atoms with Gasteiger partial charge in [-0.1, -0.05) is 30.0 Å². The van der Waals surface area contributed by atoms with Crippen LogP contribution in [0.2, 0.25) is 0 Å². The summed E-state index contributed by atoms with van der Waals surface area (Å²) in [5.41, 5.74) is -0.480. The maximum absolute atomic E-state index is 12.5. The average Bonchev–Trinajstić information content (AvgIpc) is 2.54. The van der Waals surface area contributed by atoms with E-state index in [2.05, 4.69) is 10.3 Å². The number of likely N-dealkylation sites (N-methyl/N-ethyl adjacent to an activating group) is 1. The summed E-state index contributed by atoms with van der Waals surface area (Å²) in [6.45, 7) is 0. The van der Waals surface area contributed by atoms with Crippen LogP contribution in [0.4, 0.5) is 5.82 Å². The molecule has 2 aromatic rings. The molecule has 0 spiro atoms. The molecule has 0 saturated heterocycles. The molecule has 2 heterocycles. The first-order valence-corrected chi connectivity index (χ1v) is 8.09. The molecule has 9 heteroatoms. The van der Waals surface area contributed by atoms with E-state index in [9.17, 15) is 18.3 Å². The van der Waals surface area contributed by atoms with Crippen LogP contribution < -0.4 is 61.8 Å². The number of hydrogen-bond acceptors (Lipinski definition) is 5. The SMILES string of the molecule is CN1C(C(=O)Nc2ccccn2)=C([O-])c2ccccc2S1(=O)=O.[K+]. The third kappa shape index (κ3) is 3.28. The van der Waals surface area contributed by atoms with Gasteiger partial charge in [0.25, 0.3) is 15.9 Å². The van der Waals surface area contributed by atoms with Gasteiger partial charge >= 0.3 is 51.4 Å². The predicted molar refractivity (Wildman–Crippen MR) is 81.2 cm³/mol. The minimum atomic E-state index is -3.95. The third-order valence-corrected chi connectivity index (χ3v) is 5.24. The number of amides is 1. The molecule has 7 nitrogen and oxygen atoms in total. The molecular weight excluding hydrogens is 357 g/mol. The molecule has 0 unspecified atom stereocenters. The average molecular weight is 369 g/mol. The van der Waals surface area contributed by atoms with Gasteiger partial charge in [0, 0.05) is 13.2 Å². The number of rotatable bonds is 2. The molecule has 1 N–H and O–H groups in total. The second-order valence-electron chi connectivity index (χ2n) is 4.82. The second-order valence-corrected chi connectivity index (χ2v) is 6.75. The van der Waals surface area contributed by atoms with Crippen molar-refractivity contribution in [2.24, 2.45) is 0 Å². The van der Waals surface area contributed by atoms with Crippen molar-refractivity contribution in [1.82, 2.24) is 9.29 Å². The van der Waals surface area contributed by atoms with Gasteiger partial charge < -0.3 is 10.4 Å². The van der Waals surface area contributed by atoms with Gasteiger partial charge in [-0.3, -0.25) is 9.10 Å². The van der Waals surface area contributed by atoms with Crippen molar-refractivity contribution in [2.75, 3.05) is 12.4 Å². The monoisotopic (exact) mass is 369 g/mol. The molecule has 0 atom stereocenters. The smallest absolute Gasteiger partial charge is 0.870 e. The van der Waals surface area contributed by atoms with E-state index in [-0.39, 0.29) is 67.7 Å². The van der Waals surface area contributed by atoms with E-state index >= 15 is 0 Å². The van der Waals surface area contributed by atoms with Crippen LogP contribution in [-0.2, 0) is 14.8 Å². The Kier molecular flexibility index (Phi) is 5.84. The van der Waals surface area contributed by atoms with Crippen molar-refractivity contribution in [1.29, 1.82) is 0 Å². The van der Waals surface area contributed by atoms with Gasteiger partial charge in [-0.05, 0) is 23.8 Å². The van der Waals surface area contributed by atoms with Gasteiger partial charge in [0.15, 0.2) is 0 Å². The molecule has 1 aromatic heterocycles. The van der Waals surface area contributed by atoms with E-state index in [4.69, 9.17) is 0 Å². The molecule has 24 heavy (non-hydrogen) atoms. The largest absolute Gasteiger partial charge is 1.00 e. The molecule has 1 aromatic carbocycles. The molecule has 1 aliphatic heterocycles. The van der Waals surface area contributed by atoms with Crippen LogP contribution >= 0.6 is 0 Å². The minimum absolute atomic E-state index is 0. The van der Waals surface area contributed by atoms with Crippen LogP contribution in [0.1, 0.15) is 5.56 Å². The van der Waals surface area contributed by atoms with Gasteiger partial charge in [-0.2, -0.15) is 0 Å². The summed E-state index contributed by atoms with van der Waals surface area (Å²) in [7, 11) is -2.77. The van der Waals surface area contributed by atoms with Crippen molar-refractivity contribution < 1.29 is 69.7 Å². The fourth-order valence-corrected chi connectivity index (χ4v) is 3.67.